The number of unbranched alkanes of at least 4 members (excludes halogenated alkanes) is 1. The van der Waals surface area contributed by atoms with E-state index in [1.165, 1.54) is 46.6 Å². The lowest BCUT2D eigenvalue weighted by Crippen LogP contribution is -2.61. The average molecular weight is 1380 g/mol. The molecule has 12 amide bonds. The fourth-order valence-corrected chi connectivity index (χ4v) is 15.3. The van der Waals surface area contributed by atoms with Crippen LogP contribution in [0.3, 0.4) is 0 Å². The predicted octanol–water partition coefficient (Wildman–Crippen LogP) is -2.80. The minimum atomic E-state index is -1.80. The Morgan fingerprint density at radius 2 is 1.19 bits per heavy atom. The van der Waals surface area contributed by atoms with Crippen molar-refractivity contribution in [3.05, 3.63) is 48.0 Å². The molecule has 16 N–H and O–H groups in total. The number of benzene rings is 1. The number of carbonyl (C=O) groups is 13. The summed E-state index contributed by atoms with van der Waals surface area (Å²) in [7, 11) is 3.57. The van der Waals surface area contributed by atoms with E-state index in [0.29, 0.717) is 43.4 Å². The zero-order valence-corrected chi connectivity index (χ0v) is 55.4. The molecule has 0 spiro atoms. The molecular formula is C58H85N15O16S4. The summed E-state index contributed by atoms with van der Waals surface area (Å²) in [6, 6.07) is -11.7. The van der Waals surface area contributed by atoms with Gasteiger partial charge in [-0.2, -0.15) is 0 Å². The summed E-state index contributed by atoms with van der Waals surface area (Å²) in [4.78, 5) is 195. The number of carboxylic acids is 1. The van der Waals surface area contributed by atoms with Crippen LogP contribution in [0, 0.1) is 5.92 Å². The number of imidazole rings is 1. The second-order valence-electron chi connectivity index (χ2n) is 22.9. The number of carboxylic acid groups (broad SMARTS) is 1. The van der Waals surface area contributed by atoms with Crippen LogP contribution in [0.4, 0.5) is 0 Å². The number of carbonyl (C=O) groups excluding carboxylic acids is 12. The number of nitrogens with zero attached hydrogens (tertiary/aromatic N) is 3. The molecule has 35 heteroatoms. The van der Waals surface area contributed by atoms with Gasteiger partial charge in [-0.05, 0) is 62.1 Å². The van der Waals surface area contributed by atoms with Crippen LogP contribution in [0.5, 0.6) is 5.75 Å². The van der Waals surface area contributed by atoms with E-state index < -0.39 is 180 Å². The number of aliphatic hydroxyl groups is 1. The molecule has 1 aromatic carbocycles. The lowest BCUT2D eigenvalue weighted by atomic mass is 9.97. The minimum absolute atomic E-state index is 0.0132. The first-order valence-electron chi connectivity index (χ1n) is 30.9. The number of phenols is 1. The van der Waals surface area contributed by atoms with Gasteiger partial charge in [-0.25, -0.2) is 9.78 Å². The number of nitrogens with one attached hydrogen (secondary N) is 11. The summed E-state index contributed by atoms with van der Waals surface area (Å²) in [6.07, 6.45) is 4.62. The highest BCUT2D eigenvalue weighted by molar-refractivity contribution is 8.77. The molecule has 93 heavy (non-hydrogen) atoms. The highest BCUT2D eigenvalue weighted by atomic mass is 33.1. The van der Waals surface area contributed by atoms with E-state index in [2.05, 4.69) is 63.1 Å². The van der Waals surface area contributed by atoms with Gasteiger partial charge < -0.3 is 89.0 Å². The fraction of sp³-hybridized carbons (Fsp3) is 0.621. The number of aliphatic carboxylic acids is 1. The number of aromatic nitrogens is 2. The first kappa shape index (κ1) is 74.7. The molecule has 13 atom stereocenters. The van der Waals surface area contributed by atoms with Gasteiger partial charge in [-0.3, -0.25) is 57.5 Å². The molecule has 4 aliphatic heterocycles. The molecular weight excluding hydrogens is 1290 g/mol. The first-order valence-corrected chi connectivity index (χ1v) is 35.9. The lowest BCUT2D eigenvalue weighted by molar-refractivity contribution is -0.148. The van der Waals surface area contributed by atoms with Crippen molar-refractivity contribution in [3.63, 3.8) is 0 Å². The van der Waals surface area contributed by atoms with Crippen LogP contribution >= 0.6 is 43.2 Å². The van der Waals surface area contributed by atoms with Crippen molar-refractivity contribution in [2.75, 3.05) is 49.3 Å². The predicted molar refractivity (Wildman–Crippen MR) is 346 cm³/mol. The summed E-state index contributed by atoms with van der Waals surface area (Å²) in [5.41, 5.74) is 6.47. The summed E-state index contributed by atoms with van der Waals surface area (Å²) < 4.78 is 0. The van der Waals surface area contributed by atoms with Crippen LogP contribution < -0.4 is 58.9 Å². The topological polar surface area (TPSA) is 464 Å². The summed E-state index contributed by atoms with van der Waals surface area (Å²) in [5.74, 6) is -13.9. The molecule has 0 aliphatic carbocycles. The van der Waals surface area contributed by atoms with Crippen molar-refractivity contribution in [2.24, 2.45) is 11.7 Å². The lowest BCUT2D eigenvalue weighted by Gasteiger charge is -2.33. The Labute approximate surface area is 553 Å². The number of rotatable bonds is 14. The monoisotopic (exact) mass is 1380 g/mol. The van der Waals surface area contributed by atoms with Crippen molar-refractivity contribution < 1.29 is 77.6 Å². The number of hydrogen-bond acceptors (Lipinski definition) is 21. The van der Waals surface area contributed by atoms with Gasteiger partial charge in [0.1, 0.15) is 78.3 Å². The van der Waals surface area contributed by atoms with E-state index >= 15 is 0 Å². The fourth-order valence-electron chi connectivity index (χ4n) is 10.7. The van der Waals surface area contributed by atoms with E-state index in [-0.39, 0.29) is 68.9 Å². The zero-order chi connectivity index (χ0) is 67.9. The third-order valence-corrected chi connectivity index (χ3v) is 21.1. The van der Waals surface area contributed by atoms with Crippen LogP contribution in [-0.2, 0) is 75.2 Å². The summed E-state index contributed by atoms with van der Waals surface area (Å²) >= 11 is 0. The molecule has 4 saturated heterocycles. The van der Waals surface area contributed by atoms with Crippen molar-refractivity contribution >= 4 is 120 Å². The molecule has 0 radical (unpaired) electrons. The van der Waals surface area contributed by atoms with Gasteiger partial charge >= 0.3 is 5.97 Å². The molecule has 4 aliphatic rings. The molecule has 0 unspecified atom stereocenters. The molecule has 2 bridgehead atoms. The highest BCUT2D eigenvalue weighted by Gasteiger charge is 2.45. The van der Waals surface area contributed by atoms with Gasteiger partial charge in [0.05, 0.1) is 19.5 Å². The van der Waals surface area contributed by atoms with Crippen molar-refractivity contribution in [1.82, 2.24) is 72.9 Å². The van der Waals surface area contributed by atoms with Crippen LogP contribution in [-0.4, -0.2) is 234 Å². The Bertz CT molecular complexity index is 2970. The van der Waals surface area contributed by atoms with E-state index in [1.54, 1.807) is 20.8 Å². The maximum absolute atomic E-state index is 14.9. The summed E-state index contributed by atoms with van der Waals surface area (Å²) in [6.45, 7) is 5.39. The van der Waals surface area contributed by atoms with E-state index in [9.17, 15) is 77.6 Å². The Morgan fingerprint density at radius 3 is 1.81 bits per heavy atom. The van der Waals surface area contributed by atoms with Crippen LogP contribution in [0.2, 0.25) is 0 Å². The van der Waals surface area contributed by atoms with Gasteiger partial charge in [0, 0.05) is 60.8 Å². The number of aliphatic hydroxyl groups excluding tert-OH is 1. The summed E-state index contributed by atoms with van der Waals surface area (Å²) in [5, 5.41) is 57.4. The van der Waals surface area contributed by atoms with E-state index in [4.69, 9.17) is 5.73 Å². The number of fused-ring (bicyclic) bond motifs is 10. The molecule has 0 saturated carbocycles. The largest absolute Gasteiger partial charge is 0.508 e. The normalized spacial score (nSPS) is 28.1. The number of nitrogens with two attached hydrogens (primary N) is 1. The van der Waals surface area contributed by atoms with Crippen molar-refractivity contribution in [3.8, 4) is 5.75 Å². The smallest absolute Gasteiger partial charge is 0.327 e. The Hall–Kier alpha value is -7.34. The van der Waals surface area contributed by atoms with Crippen molar-refractivity contribution in [1.29, 1.82) is 0 Å². The number of amides is 12. The van der Waals surface area contributed by atoms with Gasteiger partial charge in [0.25, 0.3) is 0 Å². The third kappa shape index (κ3) is 21.6. The zero-order valence-electron chi connectivity index (χ0n) is 52.1. The second kappa shape index (κ2) is 36.9. The van der Waals surface area contributed by atoms with Gasteiger partial charge in [0.15, 0.2) is 0 Å². The second-order valence-corrected chi connectivity index (χ2v) is 28.0. The standard InChI is InChI=1S/C58H85N15O16S4/c1-5-8-11-35-48(78)65-36(20-31-14-16-33(75)17-15-31)49(79)70-42(58(88)89)28-93-92-26-40-52(82)67-38(24-74)50(80)66-37(21-32-23-60-29-61-32)56(86)73-19-10-13-44(73)57(87)72-18-9-12-43(72)54(84)69-41(27-91-90-25-39(51(81)68-40)62-45(76)22-59)53(83)71-46(30(4)6-2)55(85)63-34(7-3)47(77)64-35/h14-17,23,29-30,34-44,46,74-75H,5-13,18-22,24-28,59H2,1-4H3,(H,60,61)(H,62,76)(H,63,85)(H,64,77)(H,65,78)(H,66,80)(H,67,82)(H,68,81)(H,69,84)(H,70,79)(H,71,83)(H,88,89)/t30-,34+,35+,36+,37+,38+,39+,40+,41+,42+,43+,44+,46+/m1/s1. The number of H-pyrrole nitrogens is 1. The Kier molecular flexibility index (Phi) is 29.7. The molecule has 31 nitrogen and oxygen atoms in total. The average Bonchev–Trinajstić information content (AvgIpc) is 1.69. The maximum atomic E-state index is 14.9. The SMILES string of the molecule is CCCC[C@@H]1NC(=O)[C@H](CC)NC(=O)[C@H]([C@H](C)CC)NC(=O)[C@@H]2CSSC[C@H](NC(=O)CN)C(=O)N[C@@H](CSSC[C@@H](C(=O)O)NC(=O)[C@H](Cc3ccc(O)cc3)NC1=O)C(=O)N[C@@H](CO)C(=O)N[C@@H](Cc1cnc[nH]1)C(=O)N1CCC[C@H]1C(=O)N1CCC[C@H]1C(=O)N2. The molecule has 512 valence electrons. The van der Waals surface area contributed by atoms with Crippen LogP contribution in [0.25, 0.3) is 0 Å². The number of aromatic hydroxyl groups is 1. The molecule has 2 aromatic rings. The number of phenolic OH excluding ortho intramolecular Hbond substituents is 1. The third-order valence-electron chi connectivity index (χ3n) is 16.2. The number of aromatic amines is 1. The minimum Gasteiger partial charge on any atom is -0.508 e. The van der Waals surface area contributed by atoms with Gasteiger partial charge in [0.2, 0.25) is 70.9 Å². The van der Waals surface area contributed by atoms with Gasteiger partial charge in [-0.1, -0.05) is 102 Å². The highest BCUT2D eigenvalue weighted by Crippen LogP contribution is 2.29. The Balaban J connectivity index is 1.45. The first-order chi connectivity index (χ1) is 44.5. The van der Waals surface area contributed by atoms with Crippen LogP contribution in [0.1, 0.15) is 96.7 Å². The molecule has 6 rings (SSSR count). The molecule has 1 aromatic heterocycles. The molecule has 5 heterocycles. The maximum Gasteiger partial charge on any atom is 0.327 e. The van der Waals surface area contributed by atoms with E-state index in [0.717, 1.165) is 43.2 Å². The number of hydrogen-bond donors (Lipinski definition) is 15. The van der Waals surface area contributed by atoms with E-state index in [1.807, 2.05) is 6.92 Å². The van der Waals surface area contributed by atoms with Crippen molar-refractivity contribution in [2.45, 2.75) is 171 Å². The van der Waals surface area contributed by atoms with Gasteiger partial charge in [-0.15, -0.1) is 0 Å². The van der Waals surface area contributed by atoms with Crippen LogP contribution in [0.15, 0.2) is 36.8 Å². The quantitative estimate of drug-likeness (QED) is 0.0850. The Morgan fingerprint density at radius 1 is 0.634 bits per heavy atom. The molecule has 4 fully saturated rings.